The Bertz CT molecular complexity index is 593. The van der Waals surface area contributed by atoms with Crippen molar-refractivity contribution in [2.45, 2.75) is 116 Å². The first-order valence-corrected chi connectivity index (χ1v) is 10.8. The van der Waals surface area contributed by atoms with Gasteiger partial charge in [0.25, 0.3) is 0 Å². The average Bonchev–Trinajstić information content (AvgIpc) is 3.13. The van der Waals surface area contributed by atoms with Crippen molar-refractivity contribution in [2.24, 2.45) is 11.8 Å². The van der Waals surface area contributed by atoms with Gasteiger partial charge in [-0.1, -0.05) is 20.8 Å². The van der Waals surface area contributed by atoms with Crippen molar-refractivity contribution in [3.63, 3.8) is 0 Å². The van der Waals surface area contributed by atoms with E-state index in [1.54, 1.807) is 0 Å². The summed E-state index contributed by atoms with van der Waals surface area (Å²) in [4.78, 5) is 0. The molecule has 6 unspecified atom stereocenters. The Hall–Kier alpha value is -0.320. The molecule has 0 saturated carbocycles. The first-order valence-electron chi connectivity index (χ1n) is 10.8. The molecule has 0 spiro atoms. The highest BCUT2D eigenvalue weighted by Gasteiger charge is 2.60. The molecule has 0 aromatic rings. The highest BCUT2D eigenvalue weighted by Crippen LogP contribution is 2.44. The summed E-state index contributed by atoms with van der Waals surface area (Å²) in [7, 11) is 0. The second-order valence-corrected chi connectivity index (χ2v) is 9.70. The lowest BCUT2D eigenvalue weighted by Crippen LogP contribution is -2.57. The number of ether oxygens (including phenoxy) is 7. The molecule has 0 aromatic carbocycles. The maximum absolute atomic E-state index is 10.6. The lowest BCUT2D eigenvalue weighted by molar-refractivity contribution is -0.295. The van der Waals surface area contributed by atoms with E-state index in [2.05, 4.69) is 13.8 Å². The number of aliphatic hydroxyl groups is 1. The zero-order valence-corrected chi connectivity index (χ0v) is 18.5. The molecule has 0 radical (unpaired) electrons. The van der Waals surface area contributed by atoms with Crippen LogP contribution >= 0.6 is 0 Å². The fourth-order valence-corrected chi connectivity index (χ4v) is 4.90. The summed E-state index contributed by atoms with van der Waals surface area (Å²) in [5.74, 6) is -1.15. The quantitative estimate of drug-likeness (QED) is 0.746. The first-order chi connectivity index (χ1) is 13.5. The summed E-state index contributed by atoms with van der Waals surface area (Å²) in [5.41, 5.74) is 0. The van der Waals surface area contributed by atoms with E-state index in [9.17, 15) is 5.11 Å². The Morgan fingerprint density at radius 2 is 1.41 bits per heavy atom. The first kappa shape index (κ1) is 21.9. The van der Waals surface area contributed by atoms with E-state index in [1.807, 2.05) is 34.6 Å². The molecule has 10 atom stereocenters. The Morgan fingerprint density at radius 1 is 0.793 bits per heavy atom. The highest BCUT2D eigenvalue weighted by atomic mass is 16.9. The van der Waals surface area contributed by atoms with E-state index in [4.69, 9.17) is 33.2 Å². The number of fused-ring (bicyclic) bond motifs is 3. The molecule has 8 heteroatoms. The molecule has 4 heterocycles. The third-order valence-electron chi connectivity index (χ3n) is 6.62. The number of hydrogen-bond acceptors (Lipinski definition) is 8. The lowest BCUT2D eigenvalue weighted by Gasteiger charge is -2.43. The second-order valence-electron chi connectivity index (χ2n) is 9.70. The van der Waals surface area contributed by atoms with Gasteiger partial charge in [-0.25, -0.2) is 0 Å². The van der Waals surface area contributed by atoms with Crippen molar-refractivity contribution in [3.05, 3.63) is 0 Å². The van der Waals surface area contributed by atoms with Crippen LogP contribution in [0.1, 0.15) is 54.9 Å². The molecule has 4 aliphatic heterocycles. The van der Waals surface area contributed by atoms with E-state index in [0.717, 1.165) is 6.42 Å². The summed E-state index contributed by atoms with van der Waals surface area (Å²) in [6, 6.07) is 0. The van der Waals surface area contributed by atoms with Crippen molar-refractivity contribution in [3.8, 4) is 0 Å². The zero-order chi connectivity index (χ0) is 21.1. The molecule has 4 saturated heterocycles. The minimum atomic E-state index is -0.756. The molecule has 4 aliphatic rings. The van der Waals surface area contributed by atoms with E-state index >= 15 is 0 Å². The van der Waals surface area contributed by atoms with E-state index in [0.29, 0.717) is 0 Å². The highest BCUT2D eigenvalue weighted by molar-refractivity contribution is 5.00. The van der Waals surface area contributed by atoms with Gasteiger partial charge < -0.3 is 38.3 Å². The van der Waals surface area contributed by atoms with Crippen molar-refractivity contribution >= 4 is 0 Å². The molecule has 0 aromatic heterocycles. The van der Waals surface area contributed by atoms with Crippen LogP contribution in [0.5, 0.6) is 0 Å². The molecule has 168 valence electrons. The van der Waals surface area contributed by atoms with Gasteiger partial charge in [-0.2, -0.15) is 0 Å². The van der Waals surface area contributed by atoms with Crippen molar-refractivity contribution in [1.29, 1.82) is 0 Å². The van der Waals surface area contributed by atoms with E-state index in [-0.39, 0.29) is 42.9 Å². The van der Waals surface area contributed by atoms with E-state index in [1.165, 1.54) is 0 Å². The fraction of sp³-hybridized carbons (Fsp3) is 1.00. The number of aliphatic hydroxyl groups excluding tert-OH is 1. The predicted octanol–water partition coefficient (Wildman–Crippen LogP) is 2.17. The summed E-state index contributed by atoms with van der Waals surface area (Å²) in [6.45, 7) is 13.9. The van der Waals surface area contributed by atoms with Crippen LogP contribution in [0.4, 0.5) is 0 Å². The van der Waals surface area contributed by atoms with Gasteiger partial charge in [0.15, 0.2) is 24.2 Å². The molecule has 0 bridgehead atoms. The third-order valence-corrected chi connectivity index (χ3v) is 6.62. The molecule has 29 heavy (non-hydrogen) atoms. The molecule has 4 rings (SSSR count). The normalized spacial score (nSPS) is 50.9. The van der Waals surface area contributed by atoms with Crippen LogP contribution < -0.4 is 0 Å². The molecule has 8 nitrogen and oxygen atoms in total. The zero-order valence-electron chi connectivity index (χ0n) is 18.5. The van der Waals surface area contributed by atoms with Crippen LogP contribution in [0.25, 0.3) is 0 Å². The Morgan fingerprint density at radius 3 is 2.10 bits per heavy atom. The van der Waals surface area contributed by atoms with Gasteiger partial charge in [0.05, 0.1) is 12.7 Å². The SMILES string of the molecule is CCC1O[C@@H](OCC2O[C@H]3OC(C)(C)OC3C3OC(C)(C)O[C@@H]23)C(O)C(C)[C@H]1C. The average molecular weight is 417 g/mol. The minimum absolute atomic E-state index is 0.0557. The maximum Gasteiger partial charge on any atom is 0.190 e. The van der Waals surface area contributed by atoms with Crippen LogP contribution in [-0.4, -0.2) is 72.5 Å². The Balaban J connectivity index is 1.45. The predicted molar refractivity (Wildman–Crippen MR) is 102 cm³/mol. The molecular weight excluding hydrogens is 380 g/mol. The van der Waals surface area contributed by atoms with Crippen LogP contribution in [0, 0.1) is 11.8 Å². The van der Waals surface area contributed by atoms with Gasteiger partial charge in [-0.05, 0) is 46.0 Å². The van der Waals surface area contributed by atoms with Gasteiger partial charge in [0.2, 0.25) is 0 Å². The molecular formula is C21H36O8. The summed E-state index contributed by atoms with van der Waals surface area (Å²) >= 11 is 0. The largest absolute Gasteiger partial charge is 0.388 e. The summed E-state index contributed by atoms with van der Waals surface area (Å²) < 4.78 is 42.4. The molecule has 4 fully saturated rings. The Labute approximate surface area is 173 Å². The number of rotatable bonds is 4. The van der Waals surface area contributed by atoms with Crippen LogP contribution in [0.15, 0.2) is 0 Å². The summed E-state index contributed by atoms with van der Waals surface area (Å²) in [6.07, 6.45) is -2.49. The van der Waals surface area contributed by atoms with Crippen LogP contribution in [-0.2, 0) is 33.2 Å². The minimum Gasteiger partial charge on any atom is -0.388 e. The topological polar surface area (TPSA) is 84.8 Å². The third kappa shape index (κ3) is 4.11. The van der Waals surface area contributed by atoms with Gasteiger partial charge in [0, 0.05) is 0 Å². The second kappa shape index (κ2) is 7.67. The lowest BCUT2D eigenvalue weighted by atomic mass is 9.82. The van der Waals surface area contributed by atoms with Crippen LogP contribution in [0.3, 0.4) is 0 Å². The number of hydrogen-bond donors (Lipinski definition) is 1. The van der Waals surface area contributed by atoms with Crippen molar-refractivity contribution in [1.82, 2.24) is 0 Å². The Kier molecular flexibility index (Phi) is 5.79. The van der Waals surface area contributed by atoms with Gasteiger partial charge in [-0.15, -0.1) is 0 Å². The monoisotopic (exact) mass is 416 g/mol. The smallest absolute Gasteiger partial charge is 0.190 e. The summed E-state index contributed by atoms with van der Waals surface area (Å²) in [5, 5.41) is 10.6. The molecule has 0 amide bonds. The van der Waals surface area contributed by atoms with Crippen molar-refractivity contribution in [2.75, 3.05) is 6.61 Å². The van der Waals surface area contributed by atoms with Gasteiger partial charge in [-0.3, -0.25) is 0 Å². The van der Waals surface area contributed by atoms with Crippen LogP contribution in [0.2, 0.25) is 0 Å². The van der Waals surface area contributed by atoms with Gasteiger partial charge >= 0.3 is 0 Å². The van der Waals surface area contributed by atoms with E-state index < -0.39 is 36.4 Å². The van der Waals surface area contributed by atoms with Crippen molar-refractivity contribution < 1.29 is 38.3 Å². The fourth-order valence-electron chi connectivity index (χ4n) is 4.90. The molecule has 1 N–H and O–H groups in total. The standard InChI is InChI=1S/C21H36O8/c1-8-12-10(2)11(3)14(22)18(24-12)23-9-13-15-16(27-20(4,5)26-15)17-19(25-13)29-21(6,7)28-17/h10-19,22H,8-9H2,1-7H3/t10-,11?,12?,13?,14?,15+,16?,17?,18-,19+/m1/s1. The maximum atomic E-state index is 10.6. The van der Waals surface area contributed by atoms with Gasteiger partial charge in [0.1, 0.15) is 30.5 Å². The molecule has 0 aliphatic carbocycles.